The van der Waals surface area contributed by atoms with Gasteiger partial charge in [-0.1, -0.05) is 11.6 Å². The third-order valence-corrected chi connectivity index (χ3v) is 4.85. The van der Waals surface area contributed by atoms with Crippen LogP contribution in [0.5, 0.6) is 5.75 Å². The molecule has 2 amide bonds. The molecule has 2 N–H and O–H groups in total. The number of benzene rings is 1. The van der Waals surface area contributed by atoms with E-state index in [9.17, 15) is 32.7 Å². The average molecular weight is 435 g/mol. The summed E-state index contributed by atoms with van der Waals surface area (Å²) >= 11 is 0. The fourth-order valence-corrected chi connectivity index (χ4v) is 3.16. The molecule has 2 heterocycles. The molecule has 10 heteroatoms. The Kier molecular flexibility index (Phi) is 6.19. The zero-order valence-corrected chi connectivity index (χ0v) is 16.8. The van der Waals surface area contributed by atoms with Crippen LogP contribution in [0.1, 0.15) is 40.3 Å². The van der Waals surface area contributed by atoms with Crippen LogP contribution in [0.15, 0.2) is 34.8 Å². The molecule has 0 radical (unpaired) electrons. The number of halogens is 3. The molecule has 3 rings (SSSR count). The lowest BCUT2D eigenvalue weighted by Gasteiger charge is -2.29. The van der Waals surface area contributed by atoms with Gasteiger partial charge < -0.3 is 19.9 Å². The molecule has 1 aromatic carbocycles. The van der Waals surface area contributed by atoms with Crippen LogP contribution in [-0.2, 0) is 13.1 Å². The summed E-state index contributed by atoms with van der Waals surface area (Å²) in [6, 6.07) is 0.938. The van der Waals surface area contributed by atoms with Crippen LogP contribution in [0.25, 0.3) is 0 Å². The summed E-state index contributed by atoms with van der Waals surface area (Å²) in [7, 11) is 0. The first kappa shape index (κ1) is 22.1. The number of aromatic hydroxyl groups is 1. The van der Waals surface area contributed by atoms with Crippen molar-refractivity contribution in [3.8, 4) is 5.75 Å². The number of hydrogen-bond donors (Lipinski definition) is 2. The maximum Gasteiger partial charge on any atom is 0.274 e. The zero-order chi connectivity index (χ0) is 22.9. The predicted molar refractivity (Wildman–Crippen MR) is 105 cm³/mol. The minimum Gasteiger partial charge on any atom is -0.503 e. The average Bonchev–Trinajstić information content (AvgIpc) is 2.68. The van der Waals surface area contributed by atoms with Gasteiger partial charge in [-0.3, -0.25) is 14.4 Å². The standard InChI is InChI=1S/C21H20F3N3O4/c1-11(2)3-4-26-5-6-27-10-14(18(28)19(29)17(27)21(26)31)20(30)25-9-13-15(23)7-12(22)8-16(13)24/h3,7-8,10,29H,4-6,9H2,1-2H3,(H,25,30). The Labute approximate surface area is 175 Å². The fourth-order valence-electron chi connectivity index (χ4n) is 3.16. The van der Waals surface area contributed by atoms with Gasteiger partial charge in [0.25, 0.3) is 11.8 Å². The van der Waals surface area contributed by atoms with E-state index in [0.717, 1.165) is 11.8 Å². The van der Waals surface area contributed by atoms with Crippen molar-refractivity contribution in [2.75, 3.05) is 13.1 Å². The van der Waals surface area contributed by atoms with Crippen molar-refractivity contribution in [1.29, 1.82) is 0 Å². The van der Waals surface area contributed by atoms with Crippen LogP contribution in [-0.4, -0.2) is 39.5 Å². The number of nitrogens with zero attached hydrogens (tertiary/aromatic N) is 2. The second-order valence-electron chi connectivity index (χ2n) is 7.33. The van der Waals surface area contributed by atoms with Crippen molar-refractivity contribution in [2.24, 2.45) is 0 Å². The van der Waals surface area contributed by atoms with Crippen molar-refractivity contribution >= 4 is 11.8 Å². The summed E-state index contributed by atoms with van der Waals surface area (Å²) in [6.07, 6.45) is 2.96. The van der Waals surface area contributed by atoms with E-state index in [4.69, 9.17) is 0 Å². The molecule has 2 aromatic rings. The first-order chi connectivity index (χ1) is 14.6. The lowest BCUT2D eigenvalue weighted by molar-refractivity contribution is 0.0715. The molecule has 0 atom stereocenters. The lowest BCUT2D eigenvalue weighted by atomic mass is 10.1. The maximum atomic E-state index is 13.7. The predicted octanol–water partition coefficient (Wildman–Crippen LogP) is 2.32. The molecule has 0 spiro atoms. The molecule has 0 fully saturated rings. The quantitative estimate of drug-likeness (QED) is 0.706. The highest BCUT2D eigenvalue weighted by Crippen LogP contribution is 2.21. The number of allylic oxidation sites excluding steroid dienone is 1. The number of pyridine rings is 1. The highest BCUT2D eigenvalue weighted by Gasteiger charge is 2.30. The van der Waals surface area contributed by atoms with Gasteiger partial charge in [-0.25, -0.2) is 13.2 Å². The van der Waals surface area contributed by atoms with E-state index in [1.807, 2.05) is 19.9 Å². The molecule has 164 valence electrons. The zero-order valence-electron chi connectivity index (χ0n) is 16.8. The summed E-state index contributed by atoms with van der Waals surface area (Å²) < 4.78 is 41.8. The van der Waals surface area contributed by atoms with Crippen LogP contribution < -0.4 is 10.7 Å². The number of nitrogens with one attached hydrogen (secondary N) is 1. The minimum absolute atomic E-state index is 0.229. The topological polar surface area (TPSA) is 91.6 Å². The highest BCUT2D eigenvalue weighted by atomic mass is 19.1. The van der Waals surface area contributed by atoms with Crippen molar-refractivity contribution < 1.29 is 27.9 Å². The number of aromatic nitrogens is 1. The van der Waals surface area contributed by atoms with Gasteiger partial charge in [0.1, 0.15) is 23.0 Å². The molecule has 1 aliphatic heterocycles. The lowest BCUT2D eigenvalue weighted by Crippen LogP contribution is -2.42. The van der Waals surface area contributed by atoms with Crippen LogP contribution in [0, 0.1) is 17.5 Å². The molecule has 0 saturated carbocycles. The normalized spacial score (nSPS) is 13.1. The molecule has 0 saturated heterocycles. The van der Waals surface area contributed by atoms with Gasteiger partial charge >= 0.3 is 0 Å². The number of carbonyl (C=O) groups excluding carboxylic acids is 2. The fraction of sp³-hybridized carbons (Fsp3) is 0.286. The van der Waals surface area contributed by atoms with Crippen molar-refractivity contribution in [3.63, 3.8) is 0 Å². The molecule has 0 aliphatic carbocycles. The van der Waals surface area contributed by atoms with Crippen molar-refractivity contribution in [1.82, 2.24) is 14.8 Å². The molecule has 0 unspecified atom stereocenters. The van der Waals surface area contributed by atoms with Crippen LogP contribution in [0.2, 0.25) is 0 Å². The first-order valence-corrected chi connectivity index (χ1v) is 9.40. The minimum atomic E-state index is -1.19. The van der Waals surface area contributed by atoms with Gasteiger partial charge in [0.2, 0.25) is 5.43 Å². The summed E-state index contributed by atoms with van der Waals surface area (Å²) in [4.78, 5) is 39.0. The number of amides is 2. The molecular weight excluding hydrogens is 415 g/mol. The van der Waals surface area contributed by atoms with E-state index in [-0.39, 0.29) is 12.2 Å². The molecule has 0 bridgehead atoms. The first-order valence-electron chi connectivity index (χ1n) is 9.40. The van der Waals surface area contributed by atoms with Gasteiger partial charge in [0.05, 0.1) is 0 Å². The molecule has 1 aromatic heterocycles. The summed E-state index contributed by atoms with van der Waals surface area (Å²) in [6.45, 7) is 3.94. The van der Waals surface area contributed by atoms with Gasteiger partial charge in [-0.2, -0.15) is 0 Å². The summed E-state index contributed by atoms with van der Waals surface area (Å²) in [5.74, 6) is -5.92. The number of fused-ring (bicyclic) bond motifs is 1. The van der Waals surface area contributed by atoms with Gasteiger partial charge in [0.15, 0.2) is 11.4 Å². The molecular formula is C21H20F3N3O4. The Bertz CT molecular complexity index is 1130. The monoisotopic (exact) mass is 435 g/mol. The smallest absolute Gasteiger partial charge is 0.274 e. The Balaban J connectivity index is 1.85. The van der Waals surface area contributed by atoms with E-state index in [2.05, 4.69) is 5.32 Å². The SMILES string of the molecule is CC(C)=CCN1CCn2cc(C(=O)NCc3c(F)cc(F)cc3F)c(=O)c(O)c2C1=O. The van der Waals surface area contributed by atoms with E-state index in [1.165, 1.54) is 9.47 Å². The van der Waals surface area contributed by atoms with E-state index in [0.29, 0.717) is 25.2 Å². The van der Waals surface area contributed by atoms with Crippen LogP contribution in [0.3, 0.4) is 0 Å². The molecule has 1 aliphatic rings. The van der Waals surface area contributed by atoms with Crippen molar-refractivity contribution in [2.45, 2.75) is 26.9 Å². The van der Waals surface area contributed by atoms with Crippen LogP contribution in [0.4, 0.5) is 13.2 Å². The Morgan fingerprint density at radius 3 is 2.42 bits per heavy atom. The largest absolute Gasteiger partial charge is 0.503 e. The maximum absolute atomic E-state index is 13.7. The van der Waals surface area contributed by atoms with E-state index < -0.39 is 58.1 Å². The summed E-state index contributed by atoms with van der Waals surface area (Å²) in [5, 5.41) is 12.5. The highest BCUT2D eigenvalue weighted by molar-refractivity contribution is 5.99. The number of carbonyl (C=O) groups is 2. The number of hydrogen-bond acceptors (Lipinski definition) is 4. The second-order valence-corrected chi connectivity index (χ2v) is 7.33. The number of rotatable bonds is 5. The van der Waals surface area contributed by atoms with Gasteiger partial charge in [-0.05, 0) is 13.8 Å². The third-order valence-electron chi connectivity index (χ3n) is 4.85. The van der Waals surface area contributed by atoms with Gasteiger partial charge in [0, 0.05) is 50.1 Å². The van der Waals surface area contributed by atoms with Gasteiger partial charge in [-0.15, -0.1) is 0 Å². The third kappa shape index (κ3) is 4.47. The summed E-state index contributed by atoms with van der Waals surface area (Å²) in [5.41, 5.74) is -1.38. The van der Waals surface area contributed by atoms with Crippen LogP contribution >= 0.6 is 0 Å². The molecule has 31 heavy (non-hydrogen) atoms. The Morgan fingerprint density at radius 1 is 1.16 bits per heavy atom. The Hall–Kier alpha value is -3.56. The molecule has 7 nitrogen and oxygen atoms in total. The second kappa shape index (κ2) is 8.66. The Morgan fingerprint density at radius 2 is 1.81 bits per heavy atom. The van der Waals surface area contributed by atoms with E-state index in [1.54, 1.807) is 0 Å². The van der Waals surface area contributed by atoms with E-state index >= 15 is 0 Å². The van der Waals surface area contributed by atoms with Crippen molar-refractivity contribution in [3.05, 3.63) is 74.5 Å².